The highest BCUT2D eigenvalue weighted by Gasteiger charge is 2.25. The van der Waals surface area contributed by atoms with Crippen LogP contribution in [0.15, 0.2) is 30.6 Å². The number of nitrogens with zero attached hydrogens (tertiary/aromatic N) is 4. The Kier molecular flexibility index (Phi) is 5.27. The second kappa shape index (κ2) is 8.03. The van der Waals surface area contributed by atoms with Gasteiger partial charge >= 0.3 is 0 Å². The highest BCUT2D eigenvalue weighted by molar-refractivity contribution is 7.17. The second-order valence-electron chi connectivity index (χ2n) is 6.90. The SMILES string of the molecule is NC(=O)c1c(NC(=O)Cn2cnc(-c3cccc([N+](=O)[O-])c3)n2)sc2c1CCCC2. The summed E-state index contributed by atoms with van der Waals surface area (Å²) >= 11 is 1.39. The van der Waals surface area contributed by atoms with Gasteiger partial charge in [0.1, 0.15) is 17.9 Å². The van der Waals surface area contributed by atoms with Gasteiger partial charge in [-0.25, -0.2) is 9.67 Å². The molecule has 0 spiro atoms. The van der Waals surface area contributed by atoms with Crippen LogP contribution in [0.3, 0.4) is 0 Å². The van der Waals surface area contributed by atoms with Gasteiger partial charge in [-0.1, -0.05) is 12.1 Å². The molecule has 2 amide bonds. The third-order valence-electron chi connectivity index (χ3n) is 4.83. The lowest BCUT2D eigenvalue weighted by Gasteiger charge is -2.11. The molecule has 11 heteroatoms. The maximum atomic E-state index is 12.5. The molecule has 0 radical (unpaired) electrons. The van der Waals surface area contributed by atoms with E-state index in [2.05, 4.69) is 15.4 Å². The summed E-state index contributed by atoms with van der Waals surface area (Å²) in [4.78, 5) is 40.1. The van der Waals surface area contributed by atoms with E-state index in [0.29, 0.717) is 16.1 Å². The number of benzene rings is 1. The number of anilines is 1. The van der Waals surface area contributed by atoms with Gasteiger partial charge in [-0.3, -0.25) is 19.7 Å². The normalized spacial score (nSPS) is 12.9. The first-order valence-electron chi connectivity index (χ1n) is 9.31. The number of non-ortho nitro benzene ring substituents is 1. The van der Waals surface area contributed by atoms with E-state index in [9.17, 15) is 19.7 Å². The van der Waals surface area contributed by atoms with Crippen molar-refractivity contribution in [2.24, 2.45) is 5.73 Å². The lowest BCUT2D eigenvalue weighted by molar-refractivity contribution is -0.384. The van der Waals surface area contributed by atoms with E-state index < -0.39 is 10.8 Å². The summed E-state index contributed by atoms with van der Waals surface area (Å²) in [7, 11) is 0. The smallest absolute Gasteiger partial charge is 0.270 e. The predicted molar refractivity (Wildman–Crippen MR) is 110 cm³/mol. The number of fused-ring (bicyclic) bond motifs is 1. The van der Waals surface area contributed by atoms with Gasteiger partial charge in [0.15, 0.2) is 5.82 Å². The van der Waals surface area contributed by atoms with Crippen LogP contribution in [0.25, 0.3) is 11.4 Å². The highest BCUT2D eigenvalue weighted by Crippen LogP contribution is 2.37. The molecule has 154 valence electrons. The van der Waals surface area contributed by atoms with Gasteiger partial charge in [0.05, 0.1) is 10.5 Å². The molecule has 30 heavy (non-hydrogen) atoms. The van der Waals surface area contributed by atoms with Gasteiger partial charge in [-0.05, 0) is 31.2 Å². The molecule has 3 N–H and O–H groups in total. The fourth-order valence-electron chi connectivity index (χ4n) is 3.49. The molecule has 4 rings (SSSR count). The quantitative estimate of drug-likeness (QED) is 0.457. The van der Waals surface area contributed by atoms with Crippen molar-refractivity contribution in [1.82, 2.24) is 14.8 Å². The standard InChI is InChI=1S/C19H18N6O4S/c20-17(27)16-13-6-1-2-7-14(13)30-19(16)22-15(26)9-24-10-21-18(23-24)11-4-3-5-12(8-11)25(28)29/h3-5,8,10H,1-2,6-7,9H2,(H2,20,27)(H,22,26). The number of thiophene rings is 1. The Balaban J connectivity index is 1.50. The Hall–Kier alpha value is -3.60. The summed E-state index contributed by atoms with van der Waals surface area (Å²) < 4.78 is 1.33. The number of nitro benzene ring substituents is 1. The monoisotopic (exact) mass is 426 g/mol. The molecule has 3 aromatic rings. The van der Waals surface area contributed by atoms with Gasteiger partial charge < -0.3 is 11.1 Å². The maximum absolute atomic E-state index is 12.5. The van der Waals surface area contributed by atoms with Crippen LogP contribution in [0, 0.1) is 10.1 Å². The molecule has 0 fully saturated rings. The number of nitrogens with one attached hydrogen (secondary N) is 1. The van der Waals surface area contributed by atoms with Crippen LogP contribution >= 0.6 is 11.3 Å². The zero-order valence-corrected chi connectivity index (χ0v) is 16.6. The fourth-order valence-corrected chi connectivity index (χ4v) is 4.80. The molecule has 10 nitrogen and oxygen atoms in total. The van der Waals surface area contributed by atoms with Crippen molar-refractivity contribution in [3.63, 3.8) is 0 Å². The van der Waals surface area contributed by atoms with Crippen molar-refractivity contribution < 1.29 is 14.5 Å². The molecule has 0 aliphatic heterocycles. The minimum absolute atomic E-state index is 0.0674. The van der Waals surface area contributed by atoms with Crippen LogP contribution in [-0.2, 0) is 24.2 Å². The fraction of sp³-hybridized carbons (Fsp3) is 0.263. The van der Waals surface area contributed by atoms with Crippen LogP contribution in [0.5, 0.6) is 0 Å². The van der Waals surface area contributed by atoms with Crippen LogP contribution in [0.2, 0.25) is 0 Å². The summed E-state index contributed by atoms with van der Waals surface area (Å²) in [5.41, 5.74) is 7.31. The zero-order valence-electron chi connectivity index (χ0n) is 15.8. The minimum atomic E-state index is -0.543. The van der Waals surface area contributed by atoms with Gasteiger partial charge in [-0.15, -0.1) is 11.3 Å². The molecule has 2 aromatic heterocycles. The number of aryl methyl sites for hydroxylation is 1. The van der Waals surface area contributed by atoms with Crippen LogP contribution in [0.4, 0.5) is 10.7 Å². The molecule has 0 saturated carbocycles. The molecule has 0 unspecified atom stereocenters. The van der Waals surface area contributed by atoms with E-state index in [1.165, 1.54) is 34.5 Å². The average molecular weight is 426 g/mol. The van der Waals surface area contributed by atoms with E-state index in [4.69, 9.17) is 5.73 Å². The summed E-state index contributed by atoms with van der Waals surface area (Å²) in [6.45, 7) is -0.122. The Labute approximate surface area is 174 Å². The molecule has 0 bridgehead atoms. The first kappa shape index (κ1) is 19.7. The third-order valence-corrected chi connectivity index (χ3v) is 6.04. The lowest BCUT2D eigenvalue weighted by atomic mass is 9.95. The summed E-state index contributed by atoms with van der Waals surface area (Å²) in [5, 5.41) is 18.4. The summed E-state index contributed by atoms with van der Waals surface area (Å²) in [5.74, 6) is -0.638. The zero-order chi connectivity index (χ0) is 21.3. The number of aromatic nitrogens is 3. The highest BCUT2D eigenvalue weighted by atomic mass is 32.1. The van der Waals surface area contributed by atoms with Gasteiger partial charge in [0.25, 0.3) is 11.6 Å². The number of hydrogen-bond acceptors (Lipinski definition) is 7. The summed E-state index contributed by atoms with van der Waals surface area (Å²) in [6.07, 6.45) is 5.10. The molecular formula is C19H18N6O4S. The number of nitrogens with two attached hydrogens (primary N) is 1. The molecular weight excluding hydrogens is 408 g/mol. The van der Waals surface area contributed by atoms with Crippen LogP contribution in [-0.4, -0.2) is 31.5 Å². The van der Waals surface area contributed by atoms with Crippen molar-refractivity contribution in [1.29, 1.82) is 0 Å². The molecule has 1 aliphatic rings. The van der Waals surface area contributed by atoms with Crippen molar-refractivity contribution in [2.75, 3.05) is 5.32 Å². The predicted octanol–water partition coefficient (Wildman–Crippen LogP) is 2.53. The van der Waals surface area contributed by atoms with Crippen molar-refractivity contribution in [3.8, 4) is 11.4 Å². The molecule has 1 aliphatic carbocycles. The number of primary amides is 1. The van der Waals surface area contributed by atoms with E-state index in [1.54, 1.807) is 12.1 Å². The largest absolute Gasteiger partial charge is 0.365 e. The lowest BCUT2D eigenvalue weighted by Crippen LogP contribution is -2.21. The average Bonchev–Trinajstić information content (AvgIpc) is 3.32. The number of nitro groups is 1. The molecule has 1 aromatic carbocycles. The van der Waals surface area contributed by atoms with Gasteiger partial charge in [-0.2, -0.15) is 5.10 Å². The topological polar surface area (TPSA) is 146 Å². The first-order chi connectivity index (χ1) is 14.4. The van der Waals surface area contributed by atoms with E-state index >= 15 is 0 Å². The van der Waals surface area contributed by atoms with Crippen molar-refractivity contribution in [3.05, 3.63) is 56.7 Å². The third kappa shape index (κ3) is 3.92. The Bertz CT molecular complexity index is 1150. The van der Waals surface area contributed by atoms with E-state index in [-0.39, 0.29) is 24.0 Å². The van der Waals surface area contributed by atoms with E-state index in [0.717, 1.165) is 36.1 Å². The Morgan fingerprint density at radius 1 is 1.30 bits per heavy atom. The number of amides is 2. The molecule has 0 atom stereocenters. The van der Waals surface area contributed by atoms with Gasteiger partial charge in [0, 0.05) is 22.6 Å². The Morgan fingerprint density at radius 3 is 2.87 bits per heavy atom. The Morgan fingerprint density at radius 2 is 2.10 bits per heavy atom. The molecule has 0 saturated heterocycles. The second-order valence-corrected chi connectivity index (χ2v) is 8.01. The number of rotatable bonds is 6. The van der Waals surface area contributed by atoms with Crippen molar-refractivity contribution >= 4 is 33.8 Å². The van der Waals surface area contributed by atoms with Gasteiger partial charge in [0.2, 0.25) is 5.91 Å². The number of carbonyl (C=O) groups excluding carboxylic acids is 2. The minimum Gasteiger partial charge on any atom is -0.365 e. The number of carbonyl (C=O) groups is 2. The number of hydrogen-bond donors (Lipinski definition) is 2. The maximum Gasteiger partial charge on any atom is 0.270 e. The molecule has 2 heterocycles. The van der Waals surface area contributed by atoms with E-state index in [1.807, 2.05) is 0 Å². The first-order valence-corrected chi connectivity index (χ1v) is 10.1. The van der Waals surface area contributed by atoms with Crippen molar-refractivity contribution in [2.45, 2.75) is 32.2 Å². The van der Waals surface area contributed by atoms with Crippen LogP contribution in [0.1, 0.15) is 33.6 Å². The summed E-state index contributed by atoms with van der Waals surface area (Å²) in [6, 6.07) is 5.95. The van der Waals surface area contributed by atoms with Crippen LogP contribution < -0.4 is 11.1 Å².